The van der Waals surface area contributed by atoms with Gasteiger partial charge in [-0.2, -0.15) is 11.8 Å². The Morgan fingerprint density at radius 2 is 2.38 bits per heavy atom. The molecule has 1 atom stereocenters. The van der Waals surface area contributed by atoms with E-state index in [1.54, 1.807) is 11.8 Å². The van der Waals surface area contributed by atoms with E-state index in [9.17, 15) is 4.79 Å². The van der Waals surface area contributed by atoms with E-state index in [0.29, 0.717) is 12.3 Å². The van der Waals surface area contributed by atoms with Crippen LogP contribution in [0.4, 0.5) is 0 Å². The van der Waals surface area contributed by atoms with Gasteiger partial charge in [0.05, 0.1) is 0 Å². The van der Waals surface area contributed by atoms with Gasteiger partial charge in [-0.15, -0.1) is 0 Å². The summed E-state index contributed by atoms with van der Waals surface area (Å²) in [5.41, 5.74) is 5.82. The molecule has 0 spiro atoms. The molecule has 4 heteroatoms. The highest BCUT2D eigenvalue weighted by Crippen LogP contribution is 2.32. The van der Waals surface area contributed by atoms with Gasteiger partial charge in [0.2, 0.25) is 5.91 Å². The maximum atomic E-state index is 11.3. The van der Waals surface area contributed by atoms with Gasteiger partial charge in [0, 0.05) is 24.8 Å². The second-order valence-electron chi connectivity index (χ2n) is 3.55. The van der Waals surface area contributed by atoms with E-state index in [1.165, 1.54) is 12.8 Å². The van der Waals surface area contributed by atoms with Gasteiger partial charge in [-0.1, -0.05) is 0 Å². The topological polar surface area (TPSA) is 55.1 Å². The SMILES string of the molecule is CSCCNC(=O)CC(N)C1CC1. The fourth-order valence-electron chi connectivity index (χ4n) is 1.27. The first-order valence-electron chi connectivity index (χ1n) is 4.75. The van der Waals surface area contributed by atoms with Crippen molar-refractivity contribution in [1.29, 1.82) is 0 Å². The summed E-state index contributed by atoms with van der Waals surface area (Å²) in [6, 6.07) is 0.0919. The number of carbonyl (C=O) groups excluding carboxylic acids is 1. The molecule has 13 heavy (non-hydrogen) atoms. The largest absolute Gasteiger partial charge is 0.355 e. The summed E-state index contributed by atoms with van der Waals surface area (Å²) in [6.45, 7) is 0.761. The molecule has 0 aliphatic heterocycles. The molecule has 1 fully saturated rings. The van der Waals surface area contributed by atoms with Crippen LogP contribution in [0.15, 0.2) is 0 Å². The second kappa shape index (κ2) is 5.50. The highest BCUT2D eigenvalue weighted by molar-refractivity contribution is 7.98. The summed E-state index contributed by atoms with van der Waals surface area (Å²) in [4.78, 5) is 11.3. The lowest BCUT2D eigenvalue weighted by Crippen LogP contribution is -2.33. The molecule has 1 aliphatic rings. The predicted molar refractivity (Wildman–Crippen MR) is 56.7 cm³/mol. The highest BCUT2D eigenvalue weighted by atomic mass is 32.2. The molecule has 1 amide bonds. The number of hydrogen-bond acceptors (Lipinski definition) is 3. The average Bonchev–Trinajstić information content (AvgIpc) is 2.86. The van der Waals surface area contributed by atoms with Crippen LogP contribution in [0.25, 0.3) is 0 Å². The van der Waals surface area contributed by atoms with Crippen LogP contribution in [0.5, 0.6) is 0 Å². The van der Waals surface area contributed by atoms with Crippen molar-refractivity contribution >= 4 is 17.7 Å². The summed E-state index contributed by atoms with van der Waals surface area (Å²) in [6.07, 6.45) is 4.94. The number of nitrogens with two attached hydrogens (primary N) is 1. The molecule has 0 heterocycles. The molecule has 0 aromatic rings. The molecule has 0 saturated heterocycles. The molecular formula is C9H18N2OS. The molecule has 3 N–H and O–H groups in total. The van der Waals surface area contributed by atoms with Crippen molar-refractivity contribution in [3.8, 4) is 0 Å². The molecule has 1 rings (SSSR count). The Hall–Kier alpha value is -0.220. The number of carbonyl (C=O) groups is 1. The van der Waals surface area contributed by atoms with Crippen molar-refractivity contribution < 1.29 is 4.79 Å². The van der Waals surface area contributed by atoms with E-state index in [1.807, 2.05) is 6.26 Å². The van der Waals surface area contributed by atoms with Crippen molar-refractivity contribution in [3.63, 3.8) is 0 Å². The molecule has 0 bridgehead atoms. The Kier molecular flexibility index (Phi) is 4.59. The third kappa shape index (κ3) is 4.52. The van der Waals surface area contributed by atoms with Crippen LogP contribution in [-0.4, -0.2) is 30.5 Å². The molecular weight excluding hydrogens is 184 g/mol. The smallest absolute Gasteiger partial charge is 0.221 e. The van der Waals surface area contributed by atoms with E-state index in [-0.39, 0.29) is 11.9 Å². The zero-order valence-corrected chi connectivity index (χ0v) is 8.90. The fraction of sp³-hybridized carbons (Fsp3) is 0.889. The Morgan fingerprint density at radius 3 is 2.92 bits per heavy atom. The van der Waals surface area contributed by atoms with E-state index in [0.717, 1.165) is 12.3 Å². The highest BCUT2D eigenvalue weighted by Gasteiger charge is 2.29. The molecule has 0 aromatic carbocycles. The zero-order chi connectivity index (χ0) is 9.68. The molecule has 76 valence electrons. The number of thioether (sulfide) groups is 1. The van der Waals surface area contributed by atoms with Crippen molar-refractivity contribution in [2.24, 2.45) is 11.7 Å². The lowest BCUT2D eigenvalue weighted by Gasteiger charge is -2.09. The first-order chi connectivity index (χ1) is 6.24. The fourth-order valence-corrected chi connectivity index (χ4v) is 1.58. The van der Waals surface area contributed by atoms with Crippen LogP contribution in [0, 0.1) is 5.92 Å². The maximum Gasteiger partial charge on any atom is 0.221 e. The van der Waals surface area contributed by atoms with E-state index in [4.69, 9.17) is 5.73 Å². The summed E-state index contributed by atoms with van der Waals surface area (Å²) < 4.78 is 0. The molecule has 1 aliphatic carbocycles. The Balaban J connectivity index is 2.02. The third-order valence-electron chi connectivity index (χ3n) is 2.28. The number of hydrogen-bond donors (Lipinski definition) is 2. The Labute approximate surface area is 83.8 Å². The number of rotatable bonds is 6. The van der Waals surface area contributed by atoms with Crippen LogP contribution in [-0.2, 0) is 4.79 Å². The summed E-state index contributed by atoms with van der Waals surface area (Å²) in [7, 11) is 0. The zero-order valence-electron chi connectivity index (χ0n) is 8.08. The van der Waals surface area contributed by atoms with E-state index < -0.39 is 0 Å². The lowest BCUT2D eigenvalue weighted by molar-refractivity contribution is -0.121. The van der Waals surface area contributed by atoms with Crippen LogP contribution in [0.2, 0.25) is 0 Å². The minimum Gasteiger partial charge on any atom is -0.355 e. The number of nitrogens with one attached hydrogen (secondary N) is 1. The maximum absolute atomic E-state index is 11.3. The van der Waals surface area contributed by atoms with Crippen LogP contribution >= 0.6 is 11.8 Å². The Morgan fingerprint density at radius 1 is 1.69 bits per heavy atom. The van der Waals surface area contributed by atoms with E-state index in [2.05, 4.69) is 5.32 Å². The van der Waals surface area contributed by atoms with Crippen molar-refractivity contribution in [3.05, 3.63) is 0 Å². The van der Waals surface area contributed by atoms with Crippen molar-refractivity contribution in [1.82, 2.24) is 5.32 Å². The first-order valence-corrected chi connectivity index (χ1v) is 6.14. The van der Waals surface area contributed by atoms with Gasteiger partial charge < -0.3 is 11.1 Å². The van der Waals surface area contributed by atoms with Gasteiger partial charge in [-0.25, -0.2) is 0 Å². The molecule has 0 radical (unpaired) electrons. The Bertz CT molecular complexity index is 171. The van der Waals surface area contributed by atoms with Gasteiger partial charge in [0.1, 0.15) is 0 Å². The standard InChI is InChI=1S/C9H18N2OS/c1-13-5-4-11-9(12)6-8(10)7-2-3-7/h7-8H,2-6,10H2,1H3,(H,11,12). The van der Waals surface area contributed by atoms with Gasteiger partial charge in [0.15, 0.2) is 0 Å². The summed E-state index contributed by atoms with van der Waals surface area (Å²) in [5.74, 6) is 1.70. The minimum atomic E-state index is 0.0919. The minimum absolute atomic E-state index is 0.0919. The molecule has 3 nitrogen and oxygen atoms in total. The monoisotopic (exact) mass is 202 g/mol. The van der Waals surface area contributed by atoms with Gasteiger partial charge in [-0.05, 0) is 25.0 Å². The van der Waals surface area contributed by atoms with Crippen LogP contribution < -0.4 is 11.1 Å². The summed E-state index contributed by atoms with van der Waals surface area (Å²) >= 11 is 1.74. The van der Waals surface area contributed by atoms with Gasteiger partial charge in [0.25, 0.3) is 0 Å². The summed E-state index contributed by atoms with van der Waals surface area (Å²) in [5, 5.41) is 2.86. The quantitative estimate of drug-likeness (QED) is 0.620. The first kappa shape index (κ1) is 10.9. The molecule has 1 saturated carbocycles. The molecule has 1 unspecified atom stereocenters. The van der Waals surface area contributed by atoms with Crippen LogP contribution in [0.3, 0.4) is 0 Å². The second-order valence-corrected chi connectivity index (χ2v) is 4.53. The lowest BCUT2D eigenvalue weighted by atomic mass is 10.1. The third-order valence-corrected chi connectivity index (χ3v) is 2.89. The van der Waals surface area contributed by atoms with Crippen LogP contribution in [0.1, 0.15) is 19.3 Å². The average molecular weight is 202 g/mol. The van der Waals surface area contributed by atoms with Crippen molar-refractivity contribution in [2.45, 2.75) is 25.3 Å². The van der Waals surface area contributed by atoms with Gasteiger partial charge >= 0.3 is 0 Å². The number of amides is 1. The van der Waals surface area contributed by atoms with Gasteiger partial charge in [-0.3, -0.25) is 4.79 Å². The normalized spacial score (nSPS) is 18.3. The van der Waals surface area contributed by atoms with Crippen molar-refractivity contribution in [2.75, 3.05) is 18.6 Å². The molecule has 0 aromatic heterocycles. The van der Waals surface area contributed by atoms with E-state index >= 15 is 0 Å². The predicted octanol–water partition coefficient (Wildman–Crippen LogP) is 0.593.